The van der Waals surface area contributed by atoms with E-state index >= 15 is 0 Å². The van der Waals surface area contributed by atoms with Crippen LogP contribution in [0, 0.1) is 0 Å². The van der Waals surface area contributed by atoms with Crippen LogP contribution in [0.1, 0.15) is 0 Å². The average molecular weight is 240 g/mol. The number of benzene rings is 1. The van der Waals surface area contributed by atoms with Gasteiger partial charge in [-0.1, -0.05) is 0 Å². The number of rotatable bonds is 5. The Labute approximate surface area is 99.5 Å². The molecule has 16 heavy (non-hydrogen) atoms. The molecule has 0 fully saturated rings. The molecule has 0 aliphatic carbocycles. The molecular formula is C11H16N2O2S. The van der Waals surface area contributed by atoms with Gasteiger partial charge in [-0.15, -0.1) is 11.8 Å². The number of hydrogen-bond acceptors (Lipinski definition) is 4. The Hall–Kier alpha value is -1.04. The van der Waals surface area contributed by atoms with E-state index < -0.39 is 6.10 Å². The zero-order valence-corrected chi connectivity index (χ0v) is 10.2. The summed E-state index contributed by atoms with van der Waals surface area (Å²) in [5.74, 6) is -0.220. The molecular weight excluding hydrogens is 224 g/mol. The van der Waals surface area contributed by atoms with Gasteiger partial charge in [0, 0.05) is 24.2 Å². The topological polar surface area (TPSA) is 64.3 Å². The number of thioether (sulfide) groups is 1. The highest BCUT2D eigenvalue weighted by atomic mass is 32.2. The van der Waals surface area contributed by atoms with Crippen molar-refractivity contribution in [3.63, 3.8) is 0 Å². The molecule has 0 bridgehead atoms. The fourth-order valence-electron chi connectivity index (χ4n) is 1.21. The summed E-state index contributed by atoms with van der Waals surface area (Å²) in [4.78, 5) is 12.8. The van der Waals surface area contributed by atoms with Crippen LogP contribution in [0.4, 0.5) is 5.69 Å². The van der Waals surface area contributed by atoms with E-state index in [2.05, 4.69) is 5.32 Å². The van der Waals surface area contributed by atoms with Gasteiger partial charge in [0.05, 0.1) is 0 Å². The van der Waals surface area contributed by atoms with Crippen molar-refractivity contribution >= 4 is 23.4 Å². The van der Waals surface area contributed by atoms with Crippen molar-refractivity contribution in [3.05, 3.63) is 24.3 Å². The van der Waals surface area contributed by atoms with Crippen molar-refractivity contribution in [2.24, 2.45) is 5.73 Å². The quantitative estimate of drug-likeness (QED) is 0.762. The number of amides is 1. The van der Waals surface area contributed by atoms with Gasteiger partial charge in [0.2, 0.25) is 0 Å². The molecule has 5 heteroatoms. The molecule has 0 radical (unpaired) electrons. The predicted molar refractivity (Wildman–Crippen MR) is 66.7 cm³/mol. The van der Waals surface area contributed by atoms with Gasteiger partial charge >= 0.3 is 0 Å². The summed E-state index contributed by atoms with van der Waals surface area (Å²) in [6.45, 7) is 0.172. The first-order chi connectivity index (χ1) is 7.71. The van der Waals surface area contributed by atoms with Gasteiger partial charge in [0.15, 0.2) is 0 Å². The molecule has 0 heterocycles. The third-order valence-corrected chi connectivity index (χ3v) is 2.89. The highest BCUT2D eigenvalue weighted by Crippen LogP contribution is 2.17. The van der Waals surface area contributed by atoms with Crippen LogP contribution in [0.2, 0.25) is 0 Å². The number of nitrogens with one attached hydrogen (secondary N) is 1. The Morgan fingerprint density at radius 1 is 1.50 bits per heavy atom. The maximum Gasteiger partial charge on any atom is 0.254 e. The minimum absolute atomic E-state index is 0.172. The molecule has 4 nitrogen and oxygen atoms in total. The van der Waals surface area contributed by atoms with E-state index in [0.29, 0.717) is 0 Å². The van der Waals surface area contributed by atoms with Crippen LogP contribution < -0.4 is 11.1 Å². The van der Waals surface area contributed by atoms with E-state index in [0.717, 1.165) is 10.6 Å². The third-order valence-electron chi connectivity index (χ3n) is 2.15. The molecule has 0 spiro atoms. The lowest BCUT2D eigenvalue weighted by Gasteiger charge is -2.13. The molecule has 1 aromatic carbocycles. The molecule has 1 aromatic rings. The Morgan fingerprint density at radius 3 is 2.56 bits per heavy atom. The molecule has 0 aliphatic rings. The monoisotopic (exact) mass is 240 g/mol. The van der Waals surface area contributed by atoms with Crippen molar-refractivity contribution in [1.82, 2.24) is 0 Å². The Kier molecular flexibility index (Phi) is 5.31. The lowest BCUT2D eigenvalue weighted by Crippen LogP contribution is -2.35. The van der Waals surface area contributed by atoms with Gasteiger partial charge in [-0.2, -0.15) is 0 Å². The fourth-order valence-corrected chi connectivity index (χ4v) is 1.62. The van der Waals surface area contributed by atoms with E-state index in [1.165, 1.54) is 7.11 Å². The number of hydrogen-bond donors (Lipinski definition) is 2. The lowest BCUT2D eigenvalue weighted by molar-refractivity contribution is -0.125. The van der Waals surface area contributed by atoms with Crippen LogP contribution in [0.15, 0.2) is 29.2 Å². The van der Waals surface area contributed by atoms with Crippen LogP contribution in [0.3, 0.4) is 0 Å². The molecule has 1 atom stereocenters. The molecule has 3 N–H and O–H groups in total. The third kappa shape index (κ3) is 3.52. The zero-order chi connectivity index (χ0) is 12.0. The maximum absolute atomic E-state index is 11.6. The highest BCUT2D eigenvalue weighted by molar-refractivity contribution is 7.98. The zero-order valence-electron chi connectivity index (χ0n) is 9.40. The number of carbonyl (C=O) groups is 1. The minimum atomic E-state index is -0.597. The smallest absolute Gasteiger partial charge is 0.254 e. The molecule has 1 rings (SSSR count). The van der Waals surface area contributed by atoms with Crippen LogP contribution >= 0.6 is 11.8 Å². The van der Waals surface area contributed by atoms with Crippen molar-refractivity contribution in [1.29, 1.82) is 0 Å². The van der Waals surface area contributed by atoms with E-state index in [4.69, 9.17) is 10.5 Å². The van der Waals surface area contributed by atoms with E-state index in [9.17, 15) is 4.79 Å². The Balaban J connectivity index is 2.62. The average Bonchev–Trinajstić information content (AvgIpc) is 2.31. The molecule has 0 saturated carbocycles. The van der Waals surface area contributed by atoms with Crippen molar-refractivity contribution in [2.75, 3.05) is 25.2 Å². The maximum atomic E-state index is 11.6. The Morgan fingerprint density at radius 2 is 2.12 bits per heavy atom. The molecule has 0 aliphatic heterocycles. The van der Waals surface area contributed by atoms with Crippen LogP contribution in [0.25, 0.3) is 0 Å². The summed E-state index contributed by atoms with van der Waals surface area (Å²) in [6, 6.07) is 7.61. The van der Waals surface area contributed by atoms with Crippen LogP contribution in [0.5, 0.6) is 0 Å². The van der Waals surface area contributed by atoms with Crippen molar-refractivity contribution in [2.45, 2.75) is 11.0 Å². The van der Waals surface area contributed by atoms with Crippen molar-refractivity contribution in [3.8, 4) is 0 Å². The van der Waals surface area contributed by atoms with E-state index in [1.807, 2.05) is 30.5 Å². The standard InChI is InChI=1S/C11H16N2O2S/c1-15-10(7-12)11(14)13-8-3-5-9(16-2)6-4-8/h3-6,10H,7,12H2,1-2H3,(H,13,14). The summed E-state index contributed by atoms with van der Waals surface area (Å²) in [6.07, 6.45) is 1.41. The molecule has 1 unspecified atom stereocenters. The lowest BCUT2D eigenvalue weighted by atomic mass is 10.3. The molecule has 88 valence electrons. The first-order valence-electron chi connectivity index (χ1n) is 4.89. The summed E-state index contributed by atoms with van der Waals surface area (Å²) in [5, 5.41) is 2.74. The number of ether oxygens (including phenoxy) is 1. The fraction of sp³-hybridized carbons (Fsp3) is 0.364. The number of carbonyl (C=O) groups excluding carboxylic acids is 1. The largest absolute Gasteiger partial charge is 0.370 e. The minimum Gasteiger partial charge on any atom is -0.370 e. The van der Waals surface area contributed by atoms with Gasteiger partial charge in [-0.25, -0.2) is 0 Å². The number of methoxy groups -OCH3 is 1. The van der Waals surface area contributed by atoms with Gasteiger partial charge in [-0.3, -0.25) is 4.79 Å². The Bertz CT molecular complexity index is 336. The van der Waals surface area contributed by atoms with Gasteiger partial charge in [-0.05, 0) is 30.5 Å². The number of nitrogens with two attached hydrogens (primary N) is 1. The number of anilines is 1. The second-order valence-electron chi connectivity index (χ2n) is 3.18. The van der Waals surface area contributed by atoms with E-state index in [-0.39, 0.29) is 12.5 Å². The summed E-state index contributed by atoms with van der Waals surface area (Å²) >= 11 is 1.65. The summed E-state index contributed by atoms with van der Waals surface area (Å²) in [7, 11) is 1.47. The normalized spacial score (nSPS) is 12.2. The summed E-state index contributed by atoms with van der Waals surface area (Å²) in [5.41, 5.74) is 6.14. The van der Waals surface area contributed by atoms with E-state index in [1.54, 1.807) is 11.8 Å². The van der Waals surface area contributed by atoms with Crippen LogP contribution in [-0.4, -0.2) is 31.9 Å². The first kappa shape index (κ1) is 13.0. The molecule has 0 saturated heterocycles. The van der Waals surface area contributed by atoms with Crippen molar-refractivity contribution < 1.29 is 9.53 Å². The van der Waals surface area contributed by atoms with Crippen LogP contribution in [-0.2, 0) is 9.53 Å². The first-order valence-corrected chi connectivity index (χ1v) is 6.11. The second kappa shape index (κ2) is 6.52. The van der Waals surface area contributed by atoms with Gasteiger partial charge in [0.25, 0.3) is 5.91 Å². The second-order valence-corrected chi connectivity index (χ2v) is 4.06. The molecule has 1 amide bonds. The molecule has 0 aromatic heterocycles. The summed E-state index contributed by atoms with van der Waals surface area (Å²) < 4.78 is 4.94. The van der Waals surface area contributed by atoms with Gasteiger partial charge < -0.3 is 15.8 Å². The van der Waals surface area contributed by atoms with Gasteiger partial charge in [0.1, 0.15) is 6.10 Å². The predicted octanol–water partition coefficient (Wildman–Crippen LogP) is 1.32. The highest BCUT2D eigenvalue weighted by Gasteiger charge is 2.15. The SMILES string of the molecule is COC(CN)C(=O)Nc1ccc(SC)cc1.